The third kappa shape index (κ3) is 4.16. The van der Waals surface area contributed by atoms with Gasteiger partial charge >= 0.3 is 5.91 Å². The van der Waals surface area contributed by atoms with Gasteiger partial charge in [-0.2, -0.15) is 0 Å². The standard InChI is InChI=1S/C29H23BrN2O7S/c1-13-8-15-9-14(4-7-20(15)39-13)25(33)23-24(16-10-18(30)26(34)21(11-16)38-3)32(28(36)27(23)35)29-31-19-6-5-17(37-2)12-22(19)40-29/h4-7,9-13,24,33-34H,8H2,1-3H3/t13-,24-/m0/s1. The average Bonchev–Trinajstić information content (AvgIpc) is 3.61. The predicted octanol–water partition coefficient (Wildman–Crippen LogP) is 5.73. The minimum Gasteiger partial charge on any atom is -0.507 e. The van der Waals surface area contributed by atoms with Crippen LogP contribution in [0.15, 0.2) is 58.6 Å². The molecule has 0 spiro atoms. The van der Waals surface area contributed by atoms with Gasteiger partial charge in [0.2, 0.25) is 0 Å². The molecular formula is C29H23BrN2O7S. The maximum Gasteiger partial charge on any atom is 0.301 e. The minimum atomic E-state index is -1.06. The number of amides is 1. The first-order valence-corrected chi connectivity index (χ1v) is 13.9. The van der Waals surface area contributed by atoms with E-state index in [-0.39, 0.29) is 34.1 Å². The van der Waals surface area contributed by atoms with Crippen molar-refractivity contribution in [3.05, 3.63) is 75.3 Å². The second-order valence-electron chi connectivity index (χ2n) is 9.51. The Kier molecular flexibility index (Phi) is 6.42. The molecule has 40 heavy (non-hydrogen) atoms. The lowest BCUT2D eigenvalue weighted by Crippen LogP contribution is -2.29. The van der Waals surface area contributed by atoms with E-state index in [1.54, 1.807) is 49.6 Å². The van der Waals surface area contributed by atoms with E-state index in [1.165, 1.54) is 29.4 Å². The van der Waals surface area contributed by atoms with Gasteiger partial charge in [0.25, 0.3) is 5.78 Å². The average molecular weight is 623 g/mol. The van der Waals surface area contributed by atoms with E-state index in [4.69, 9.17) is 14.2 Å². The number of phenolic OH excluding ortho intramolecular Hbond substituents is 1. The summed E-state index contributed by atoms with van der Waals surface area (Å²) >= 11 is 4.56. The highest BCUT2D eigenvalue weighted by Crippen LogP contribution is 2.47. The van der Waals surface area contributed by atoms with E-state index in [2.05, 4.69) is 20.9 Å². The fourth-order valence-electron chi connectivity index (χ4n) is 5.10. The van der Waals surface area contributed by atoms with Crippen LogP contribution in [0, 0.1) is 0 Å². The monoisotopic (exact) mass is 622 g/mol. The van der Waals surface area contributed by atoms with E-state index in [1.807, 2.05) is 6.92 Å². The summed E-state index contributed by atoms with van der Waals surface area (Å²) in [4.78, 5) is 33.2. The van der Waals surface area contributed by atoms with Gasteiger partial charge in [0.15, 0.2) is 16.6 Å². The fraction of sp³-hybridized carbons (Fsp3) is 0.207. The van der Waals surface area contributed by atoms with Crippen molar-refractivity contribution in [3.8, 4) is 23.0 Å². The van der Waals surface area contributed by atoms with E-state index in [0.717, 1.165) is 16.0 Å². The van der Waals surface area contributed by atoms with Gasteiger partial charge in [-0.25, -0.2) is 4.98 Å². The summed E-state index contributed by atoms with van der Waals surface area (Å²) in [5, 5.41) is 22.3. The SMILES string of the molecule is COc1ccc2nc(N3C(=O)C(=O)C(=C(O)c4ccc5c(c4)C[C@H](C)O5)[C@@H]3c3cc(Br)c(O)c(OC)c3)sc2c1. The van der Waals surface area contributed by atoms with Gasteiger partial charge in [-0.15, -0.1) is 0 Å². The molecule has 2 aliphatic rings. The number of fused-ring (bicyclic) bond motifs is 2. The number of hydrogen-bond acceptors (Lipinski definition) is 9. The lowest BCUT2D eigenvalue weighted by molar-refractivity contribution is -0.132. The number of hydrogen-bond donors (Lipinski definition) is 2. The van der Waals surface area contributed by atoms with Crippen LogP contribution in [0.25, 0.3) is 16.0 Å². The summed E-state index contributed by atoms with van der Waals surface area (Å²) < 4.78 is 17.5. The van der Waals surface area contributed by atoms with Gasteiger partial charge in [-0.1, -0.05) is 11.3 Å². The summed E-state index contributed by atoms with van der Waals surface area (Å²) in [6.45, 7) is 1.95. The molecule has 1 saturated heterocycles. The zero-order chi connectivity index (χ0) is 28.3. The number of thiazole rings is 1. The molecule has 4 aromatic rings. The molecule has 11 heteroatoms. The molecule has 204 valence electrons. The molecule has 6 rings (SSSR count). The summed E-state index contributed by atoms with van der Waals surface area (Å²) in [7, 11) is 2.96. The van der Waals surface area contributed by atoms with Crippen LogP contribution in [-0.4, -0.2) is 47.2 Å². The van der Waals surface area contributed by atoms with Crippen LogP contribution >= 0.6 is 27.3 Å². The molecule has 1 amide bonds. The third-order valence-corrected chi connectivity index (χ3v) is 8.61. The quantitative estimate of drug-likeness (QED) is 0.164. The Morgan fingerprint density at radius 1 is 1.12 bits per heavy atom. The number of aromatic hydroxyl groups is 1. The number of phenols is 1. The molecule has 3 aromatic carbocycles. The molecule has 2 aliphatic heterocycles. The first-order chi connectivity index (χ1) is 19.2. The van der Waals surface area contributed by atoms with E-state index in [0.29, 0.717) is 33.3 Å². The van der Waals surface area contributed by atoms with Crippen LogP contribution in [-0.2, 0) is 16.0 Å². The van der Waals surface area contributed by atoms with Crippen LogP contribution in [0.1, 0.15) is 29.7 Å². The molecule has 0 radical (unpaired) electrons. The number of Topliss-reactive ketones (excluding diaryl/α,β-unsaturated/α-hetero) is 1. The number of ketones is 1. The number of aliphatic hydroxyl groups excluding tert-OH is 1. The first kappa shape index (κ1) is 26.1. The Bertz CT molecular complexity index is 1750. The van der Waals surface area contributed by atoms with E-state index >= 15 is 0 Å². The minimum absolute atomic E-state index is 0.00236. The van der Waals surface area contributed by atoms with Crippen molar-refractivity contribution in [2.45, 2.75) is 25.5 Å². The van der Waals surface area contributed by atoms with Crippen LogP contribution in [0.2, 0.25) is 0 Å². The molecule has 2 atom stereocenters. The van der Waals surface area contributed by atoms with Crippen molar-refractivity contribution in [1.82, 2.24) is 4.98 Å². The van der Waals surface area contributed by atoms with Crippen LogP contribution < -0.4 is 19.1 Å². The van der Waals surface area contributed by atoms with Crippen LogP contribution in [0.4, 0.5) is 5.13 Å². The highest BCUT2D eigenvalue weighted by molar-refractivity contribution is 9.10. The maximum atomic E-state index is 13.6. The van der Waals surface area contributed by atoms with Crippen molar-refractivity contribution in [1.29, 1.82) is 0 Å². The highest BCUT2D eigenvalue weighted by atomic mass is 79.9. The number of aliphatic hydroxyl groups is 1. The number of carbonyl (C=O) groups excluding carboxylic acids is 2. The van der Waals surface area contributed by atoms with Crippen molar-refractivity contribution in [2.75, 3.05) is 19.1 Å². The number of carbonyl (C=O) groups is 2. The number of aromatic nitrogens is 1. The molecule has 0 unspecified atom stereocenters. The zero-order valence-corrected chi connectivity index (χ0v) is 24.0. The van der Waals surface area contributed by atoms with E-state index < -0.39 is 17.7 Å². The summed E-state index contributed by atoms with van der Waals surface area (Å²) in [6.07, 6.45) is 0.656. The molecule has 2 N–H and O–H groups in total. The molecule has 0 bridgehead atoms. The van der Waals surface area contributed by atoms with Crippen LogP contribution in [0.3, 0.4) is 0 Å². The Balaban J connectivity index is 1.57. The molecule has 9 nitrogen and oxygen atoms in total. The number of halogens is 1. The van der Waals surface area contributed by atoms with Gasteiger partial charge in [-0.05, 0) is 82.5 Å². The Hall–Kier alpha value is -4.09. The Labute approximate surface area is 241 Å². The number of benzene rings is 3. The molecule has 0 saturated carbocycles. The number of ether oxygens (including phenoxy) is 3. The molecule has 3 heterocycles. The second kappa shape index (κ2) is 9.83. The van der Waals surface area contributed by atoms with Crippen molar-refractivity contribution in [2.24, 2.45) is 0 Å². The van der Waals surface area contributed by atoms with Gasteiger partial charge < -0.3 is 24.4 Å². The number of nitrogens with zero attached hydrogens (tertiary/aromatic N) is 2. The highest BCUT2D eigenvalue weighted by Gasteiger charge is 2.48. The number of methoxy groups -OCH3 is 2. The lowest BCUT2D eigenvalue weighted by Gasteiger charge is -2.24. The third-order valence-electron chi connectivity index (χ3n) is 6.99. The van der Waals surface area contributed by atoms with Gasteiger partial charge in [0, 0.05) is 12.0 Å². The van der Waals surface area contributed by atoms with E-state index in [9.17, 15) is 19.8 Å². The van der Waals surface area contributed by atoms with Gasteiger partial charge in [0.05, 0.1) is 40.5 Å². The van der Waals surface area contributed by atoms with Gasteiger partial charge in [-0.3, -0.25) is 14.5 Å². The number of anilines is 1. The summed E-state index contributed by atoms with van der Waals surface area (Å²) in [6, 6.07) is 12.6. The summed E-state index contributed by atoms with van der Waals surface area (Å²) in [5.74, 6) is -0.664. The molecule has 0 aliphatic carbocycles. The van der Waals surface area contributed by atoms with Crippen molar-refractivity contribution < 1.29 is 34.0 Å². The summed E-state index contributed by atoms with van der Waals surface area (Å²) in [5.41, 5.74) is 2.24. The zero-order valence-electron chi connectivity index (χ0n) is 21.6. The topological polar surface area (TPSA) is 118 Å². The smallest absolute Gasteiger partial charge is 0.301 e. The molecular weight excluding hydrogens is 600 g/mol. The fourth-order valence-corrected chi connectivity index (χ4v) is 6.58. The van der Waals surface area contributed by atoms with Crippen molar-refractivity contribution in [3.63, 3.8) is 0 Å². The normalized spacial score (nSPS) is 19.6. The first-order valence-electron chi connectivity index (χ1n) is 12.3. The van der Waals surface area contributed by atoms with Crippen molar-refractivity contribution >= 4 is 60.1 Å². The molecule has 1 fully saturated rings. The Morgan fingerprint density at radius 3 is 2.67 bits per heavy atom. The Morgan fingerprint density at radius 2 is 1.93 bits per heavy atom. The maximum absolute atomic E-state index is 13.6. The number of rotatable bonds is 5. The second-order valence-corrected chi connectivity index (χ2v) is 11.4. The van der Waals surface area contributed by atoms with Gasteiger partial charge in [0.1, 0.15) is 23.4 Å². The molecule has 1 aromatic heterocycles. The predicted molar refractivity (Wildman–Crippen MR) is 154 cm³/mol. The largest absolute Gasteiger partial charge is 0.507 e. The van der Waals surface area contributed by atoms with Crippen LogP contribution in [0.5, 0.6) is 23.0 Å². The lowest BCUT2D eigenvalue weighted by atomic mass is 9.94.